The average molecular weight is 733 g/mol. The number of aliphatic hydroxyl groups is 2. The van der Waals surface area contributed by atoms with Gasteiger partial charge in [0, 0.05) is 12.8 Å². The molecule has 0 aliphatic carbocycles. The van der Waals surface area contributed by atoms with E-state index in [1.807, 2.05) is 0 Å². The van der Waals surface area contributed by atoms with Gasteiger partial charge in [-0.1, -0.05) is 128 Å². The van der Waals surface area contributed by atoms with E-state index in [9.17, 15) is 24.2 Å². The highest BCUT2D eigenvalue weighted by Gasteiger charge is 2.27. The lowest BCUT2D eigenvalue weighted by atomic mass is 10.1. The van der Waals surface area contributed by atoms with Crippen LogP contribution in [0.25, 0.3) is 0 Å². The van der Waals surface area contributed by atoms with Crippen molar-refractivity contribution >= 4 is 19.8 Å². The maximum absolute atomic E-state index is 12.6. The van der Waals surface area contributed by atoms with Crippen molar-refractivity contribution < 1.29 is 47.8 Å². The van der Waals surface area contributed by atoms with Gasteiger partial charge in [-0.15, -0.1) is 0 Å². The predicted octanol–water partition coefficient (Wildman–Crippen LogP) is 9.83. The molecular formula is C39H73O10P. The number of phosphoric ester groups is 1. The normalized spacial score (nSPS) is 14.3. The first-order valence-corrected chi connectivity index (χ1v) is 21.3. The van der Waals surface area contributed by atoms with Crippen LogP contribution < -0.4 is 0 Å². The molecule has 10 nitrogen and oxygen atoms in total. The van der Waals surface area contributed by atoms with Crippen LogP contribution in [0.15, 0.2) is 24.3 Å². The number of unbranched alkanes of at least 4 members (excludes halogenated alkanes) is 19. The summed E-state index contributed by atoms with van der Waals surface area (Å²) in [6, 6.07) is 0. The minimum absolute atomic E-state index is 0.181. The molecule has 0 fully saturated rings. The lowest BCUT2D eigenvalue weighted by Gasteiger charge is -2.20. The molecule has 0 bridgehead atoms. The molecule has 0 amide bonds. The summed E-state index contributed by atoms with van der Waals surface area (Å²) in [5.74, 6) is -0.937. The standard InChI is InChI=1S/C39H73O10P/c1-3-5-7-9-11-13-15-17-18-19-21-23-25-27-29-31-39(43)49-37(35-48-50(44,45)47-33-36(41)32-40)34-46-38(42)30-28-26-24-22-20-16-14-12-10-8-6-4-2/h9,11-12,14,36-37,40-41H,3-8,10,13,15-35H2,1-2H3,(H,44,45)/b11-9+,14-12+/t36-,37+/m0/s1. The zero-order chi connectivity index (χ0) is 37.0. The van der Waals surface area contributed by atoms with Crippen molar-refractivity contribution in [2.75, 3.05) is 26.4 Å². The second-order valence-electron chi connectivity index (χ2n) is 13.3. The lowest BCUT2D eigenvalue weighted by Crippen LogP contribution is -2.29. The third-order valence-corrected chi connectivity index (χ3v) is 9.28. The van der Waals surface area contributed by atoms with Crippen LogP contribution in [0, 0.1) is 0 Å². The number of phosphoric acid groups is 1. The number of allylic oxidation sites excluding steroid dienone is 4. The van der Waals surface area contributed by atoms with Crippen LogP contribution in [0.4, 0.5) is 0 Å². The van der Waals surface area contributed by atoms with E-state index in [1.54, 1.807) is 0 Å². The quantitative estimate of drug-likeness (QED) is 0.0244. The number of esters is 2. The summed E-state index contributed by atoms with van der Waals surface area (Å²) >= 11 is 0. The molecule has 0 saturated heterocycles. The molecule has 0 radical (unpaired) electrons. The van der Waals surface area contributed by atoms with Gasteiger partial charge in [-0.05, 0) is 57.8 Å². The molecule has 0 aromatic carbocycles. The van der Waals surface area contributed by atoms with E-state index >= 15 is 0 Å². The number of ether oxygens (including phenoxy) is 2. The molecule has 294 valence electrons. The molecule has 0 aliphatic rings. The van der Waals surface area contributed by atoms with Crippen LogP contribution >= 0.6 is 7.82 Å². The van der Waals surface area contributed by atoms with Crippen molar-refractivity contribution in [3.8, 4) is 0 Å². The Labute approximate surface area is 304 Å². The summed E-state index contributed by atoms with van der Waals surface area (Å²) in [5, 5.41) is 18.3. The number of rotatable bonds is 37. The fourth-order valence-corrected chi connectivity index (χ4v) is 5.99. The average Bonchev–Trinajstić information content (AvgIpc) is 3.10. The molecule has 0 spiro atoms. The smallest absolute Gasteiger partial charge is 0.462 e. The first-order valence-electron chi connectivity index (χ1n) is 19.8. The molecule has 0 aromatic heterocycles. The number of carbonyl (C=O) groups is 2. The van der Waals surface area contributed by atoms with Crippen molar-refractivity contribution in [1.29, 1.82) is 0 Å². The SMILES string of the molecule is CCCC/C=C/CCCCCCCCCCCC(=O)O[C@H](COC(=O)CCCCCCC/C=C/CCCCC)COP(=O)(O)OC[C@@H](O)CO. The van der Waals surface area contributed by atoms with Crippen molar-refractivity contribution in [3.63, 3.8) is 0 Å². The fourth-order valence-electron chi connectivity index (χ4n) is 5.20. The van der Waals surface area contributed by atoms with E-state index < -0.39 is 51.8 Å². The molecule has 0 rings (SSSR count). The first-order chi connectivity index (χ1) is 24.2. The molecule has 50 heavy (non-hydrogen) atoms. The molecule has 3 N–H and O–H groups in total. The minimum atomic E-state index is -4.61. The van der Waals surface area contributed by atoms with Gasteiger partial charge in [0.1, 0.15) is 12.7 Å². The Balaban J connectivity index is 4.35. The maximum atomic E-state index is 12.6. The van der Waals surface area contributed by atoms with Crippen LogP contribution in [0.5, 0.6) is 0 Å². The van der Waals surface area contributed by atoms with Crippen molar-refractivity contribution in [2.45, 2.75) is 187 Å². The Morgan fingerprint density at radius 3 is 1.50 bits per heavy atom. The minimum Gasteiger partial charge on any atom is -0.462 e. The largest absolute Gasteiger partial charge is 0.472 e. The van der Waals surface area contributed by atoms with Crippen LogP contribution in [0.3, 0.4) is 0 Å². The molecule has 0 heterocycles. The highest BCUT2D eigenvalue weighted by Crippen LogP contribution is 2.43. The third kappa shape index (κ3) is 34.9. The van der Waals surface area contributed by atoms with Gasteiger partial charge in [-0.25, -0.2) is 4.57 Å². The Bertz CT molecular complexity index is 894. The van der Waals surface area contributed by atoms with Gasteiger partial charge in [-0.2, -0.15) is 0 Å². The van der Waals surface area contributed by atoms with E-state index in [2.05, 4.69) is 42.7 Å². The van der Waals surface area contributed by atoms with Crippen LogP contribution in [0.1, 0.15) is 174 Å². The zero-order valence-electron chi connectivity index (χ0n) is 31.6. The molecule has 0 aliphatic heterocycles. The van der Waals surface area contributed by atoms with Gasteiger partial charge < -0.3 is 24.6 Å². The Morgan fingerprint density at radius 1 is 0.580 bits per heavy atom. The topological polar surface area (TPSA) is 149 Å². The van der Waals surface area contributed by atoms with Crippen molar-refractivity contribution in [1.82, 2.24) is 0 Å². The van der Waals surface area contributed by atoms with Gasteiger partial charge in [0.05, 0.1) is 19.8 Å². The highest BCUT2D eigenvalue weighted by molar-refractivity contribution is 7.47. The van der Waals surface area contributed by atoms with E-state index in [0.717, 1.165) is 57.8 Å². The summed E-state index contributed by atoms with van der Waals surface area (Å²) in [7, 11) is -4.61. The van der Waals surface area contributed by atoms with Gasteiger partial charge in [0.25, 0.3) is 0 Å². The third-order valence-electron chi connectivity index (χ3n) is 8.33. The van der Waals surface area contributed by atoms with Crippen molar-refractivity contribution in [3.05, 3.63) is 24.3 Å². The molecule has 1 unspecified atom stereocenters. The molecule has 11 heteroatoms. The summed E-state index contributed by atoms with van der Waals surface area (Å²) in [4.78, 5) is 34.8. The van der Waals surface area contributed by atoms with Gasteiger partial charge in [-0.3, -0.25) is 18.6 Å². The molecule has 3 atom stereocenters. The Kier molecular flexibility index (Phi) is 34.7. The second-order valence-corrected chi connectivity index (χ2v) is 14.8. The van der Waals surface area contributed by atoms with Gasteiger partial charge in [0.2, 0.25) is 0 Å². The fraction of sp³-hybridized carbons (Fsp3) is 0.846. The first kappa shape index (κ1) is 48.5. The van der Waals surface area contributed by atoms with Gasteiger partial charge >= 0.3 is 19.8 Å². The summed E-state index contributed by atoms with van der Waals surface area (Å²) in [5.41, 5.74) is 0. The van der Waals surface area contributed by atoms with E-state index in [1.165, 1.54) is 77.0 Å². The van der Waals surface area contributed by atoms with Crippen molar-refractivity contribution in [2.24, 2.45) is 0 Å². The van der Waals surface area contributed by atoms with Crippen LogP contribution in [-0.4, -0.2) is 65.7 Å². The molecular weight excluding hydrogens is 659 g/mol. The molecule has 0 saturated carbocycles. The number of carbonyl (C=O) groups excluding carboxylic acids is 2. The Morgan fingerprint density at radius 2 is 1.00 bits per heavy atom. The van der Waals surface area contributed by atoms with Crippen LogP contribution in [0.2, 0.25) is 0 Å². The zero-order valence-corrected chi connectivity index (χ0v) is 32.5. The Hall–Kier alpha value is -1.55. The van der Waals surface area contributed by atoms with Gasteiger partial charge in [0.15, 0.2) is 6.10 Å². The second kappa shape index (κ2) is 35.8. The maximum Gasteiger partial charge on any atom is 0.472 e. The number of hydrogen-bond donors (Lipinski definition) is 3. The predicted molar refractivity (Wildman–Crippen MR) is 201 cm³/mol. The highest BCUT2D eigenvalue weighted by atomic mass is 31.2. The van der Waals surface area contributed by atoms with Crippen LogP contribution in [-0.2, 0) is 32.7 Å². The molecule has 0 aromatic rings. The monoisotopic (exact) mass is 732 g/mol. The van der Waals surface area contributed by atoms with E-state index in [0.29, 0.717) is 12.8 Å². The lowest BCUT2D eigenvalue weighted by molar-refractivity contribution is -0.161. The van der Waals surface area contributed by atoms with E-state index in [4.69, 9.17) is 19.1 Å². The number of aliphatic hydroxyl groups excluding tert-OH is 2. The summed E-state index contributed by atoms with van der Waals surface area (Å²) in [6.07, 6.45) is 32.9. The number of hydrogen-bond acceptors (Lipinski definition) is 9. The summed E-state index contributed by atoms with van der Waals surface area (Å²) < 4.78 is 32.6. The van der Waals surface area contributed by atoms with E-state index in [-0.39, 0.29) is 19.4 Å². The summed E-state index contributed by atoms with van der Waals surface area (Å²) in [6.45, 7) is 2.31.